The highest BCUT2D eigenvalue weighted by Crippen LogP contribution is 2.09. The van der Waals surface area contributed by atoms with Crippen molar-refractivity contribution in [3.63, 3.8) is 0 Å². The van der Waals surface area contributed by atoms with Crippen molar-refractivity contribution in [2.45, 2.75) is 38.5 Å². The number of carbonyl (C=O) groups excluding carboxylic acids is 1. The van der Waals surface area contributed by atoms with E-state index in [9.17, 15) is 4.79 Å². The first kappa shape index (κ1) is 17.6. The van der Waals surface area contributed by atoms with Crippen LogP contribution < -0.4 is 5.32 Å². The Morgan fingerprint density at radius 2 is 1.88 bits per heavy atom. The van der Waals surface area contributed by atoms with E-state index >= 15 is 0 Å². The van der Waals surface area contributed by atoms with E-state index in [0.29, 0.717) is 37.6 Å². The molecule has 2 aromatic rings. The molecule has 1 aliphatic heterocycles. The number of likely N-dealkylation sites (tertiary alicyclic amines) is 1. The maximum absolute atomic E-state index is 12.0. The van der Waals surface area contributed by atoms with Crippen molar-refractivity contribution in [2.24, 2.45) is 0 Å². The van der Waals surface area contributed by atoms with Gasteiger partial charge in [-0.2, -0.15) is 4.98 Å². The van der Waals surface area contributed by atoms with Crippen molar-refractivity contribution >= 4 is 5.91 Å². The molecule has 1 fully saturated rings. The predicted octanol–water partition coefficient (Wildman–Crippen LogP) is 2.20. The molecule has 1 aromatic carbocycles. The highest BCUT2D eigenvalue weighted by atomic mass is 16.5. The van der Waals surface area contributed by atoms with E-state index < -0.39 is 0 Å². The molecule has 0 aliphatic carbocycles. The first-order chi connectivity index (χ1) is 12.3. The van der Waals surface area contributed by atoms with Gasteiger partial charge in [0.05, 0.1) is 6.54 Å². The summed E-state index contributed by atoms with van der Waals surface area (Å²) in [4.78, 5) is 18.7. The molecule has 0 bridgehead atoms. The quantitative estimate of drug-likeness (QED) is 0.835. The largest absolute Gasteiger partial charge is 0.354 e. The van der Waals surface area contributed by atoms with E-state index in [-0.39, 0.29) is 5.91 Å². The number of hydrogen-bond donors (Lipinski definition) is 1. The molecule has 1 N–H and O–H groups in total. The van der Waals surface area contributed by atoms with Gasteiger partial charge in [-0.15, -0.1) is 0 Å². The van der Waals surface area contributed by atoms with Gasteiger partial charge in [-0.1, -0.05) is 48.3 Å². The number of aromatic nitrogens is 2. The summed E-state index contributed by atoms with van der Waals surface area (Å²) in [7, 11) is 0. The molecular formula is C19H26N4O2. The molecule has 1 amide bonds. The number of amides is 1. The van der Waals surface area contributed by atoms with Crippen LogP contribution in [-0.2, 0) is 17.6 Å². The number of carbonyl (C=O) groups is 1. The molecule has 6 heteroatoms. The summed E-state index contributed by atoms with van der Waals surface area (Å²) in [5.41, 5.74) is 1.15. The fraction of sp³-hybridized carbons (Fsp3) is 0.526. The van der Waals surface area contributed by atoms with Gasteiger partial charge < -0.3 is 9.84 Å². The summed E-state index contributed by atoms with van der Waals surface area (Å²) in [5, 5.41) is 6.96. The van der Waals surface area contributed by atoms with Gasteiger partial charge in [0.15, 0.2) is 5.82 Å². The Labute approximate surface area is 148 Å². The van der Waals surface area contributed by atoms with Gasteiger partial charge in [-0.25, -0.2) is 0 Å². The normalized spacial score (nSPS) is 15.7. The summed E-state index contributed by atoms with van der Waals surface area (Å²) in [6, 6.07) is 10.1. The first-order valence-electron chi connectivity index (χ1n) is 9.14. The number of hydrogen-bond acceptors (Lipinski definition) is 5. The van der Waals surface area contributed by atoms with Crippen LogP contribution in [0.15, 0.2) is 34.9 Å². The van der Waals surface area contributed by atoms with Crippen LogP contribution >= 0.6 is 0 Å². The van der Waals surface area contributed by atoms with Crippen LogP contribution in [0.3, 0.4) is 0 Å². The predicted molar refractivity (Wildman–Crippen MR) is 95.2 cm³/mol. The summed E-state index contributed by atoms with van der Waals surface area (Å²) in [6.45, 7) is 3.07. The van der Waals surface area contributed by atoms with Gasteiger partial charge >= 0.3 is 0 Å². The van der Waals surface area contributed by atoms with E-state index in [1.807, 2.05) is 30.3 Å². The molecule has 25 heavy (non-hydrogen) atoms. The number of nitrogens with zero attached hydrogens (tertiary/aromatic N) is 3. The Morgan fingerprint density at radius 3 is 2.64 bits per heavy atom. The highest BCUT2D eigenvalue weighted by Gasteiger charge is 2.13. The molecule has 6 nitrogen and oxygen atoms in total. The lowest BCUT2D eigenvalue weighted by Crippen LogP contribution is -2.38. The first-order valence-corrected chi connectivity index (χ1v) is 9.14. The smallest absolute Gasteiger partial charge is 0.234 e. The van der Waals surface area contributed by atoms with Crippen molar-refractivity contribution in [1.29, 1.82) is 0 Å². The molecular weight excluding hydrogens is 316 g/mol. The Balaban J connectivity index is 1.38. The average molecular weight is 342 g/mol. The van der Waals surface area contributed by atoms with Crippen LogP contribution in [0.4, 0.5) is 0 Å². The monoisotopic (exact) mass is 342 g/mol. The molecule has 0 saturated carbocycles. The maximum Gasteiger partial charge on any atom is 0.234 e. The van der Waals surface area contributed by atoms with Crippen LogP contribution in [0.5, 0.6) is 0 Å². The minimum Gasteiger partial charge on any atom is -0.354 e. The molecule has 0 atom stereocenters. The second-order valence-electron chi connectivity index (χ2n) is 6.56. The molecule has 0 spiro atoms. The summed E-state index contributed by atoms with van der Waals surface area (Å²) in [6.07, 6.45) is 6.17. The second-order valence-corrected chi connectivity index (χ2v) is 6.56. The van der Waals surface area contributed by atoms with Gasteiger partial charge in [-0.3, -0.25) is 9.69 Å². The summed E-state index contributed by atoms with van der Waals surface area (Å²) in [5.74, 6) is 1.32. The van der Waals surface area contributed by atoms with E-state index in [1.165, 1.54) is 25.7 Å². The molecule has 2 heterocycles. The number of benzene rings is 1. The third-order valence-electron chi connectivity index (χ3n) is 4.44. The van der Waals surface area contributed by atoms with E-state index in [1.54, 1.807) is 0 Å². The minimum atomic E-state index is 0.0749. The number of nitrogens with one attached hydrogen (secondary N) is 1. The lowest BCUT2D eigenvalue weighted by molar-refractivity contribution is -0.122. The highest BCUT2D eigenvalue weighted by molar-refractivity contribution is 5.77. The zero-order chi connectivity index (χ0) is 17.3. The van der Waals surface area contributed by atoms with Crippen LogP contribution in [0, 0.1) is 0 Å². The van der Waals surface area contributed by atoms with Crippen molar-refractivity contribution < 1.29 is 9.32 Å². The lowest BCUT2D eigenvalue weighted by atomic mass is 10.1. The topological polar surface area (TPSA) is 71.3 Å². The van der Waals surface area contributed by atoms with Crippen molar-refractivity contribution in [2.75, 3.05) is 26.2 Å². The Bertz CT molecular complexity index is 648. The standard InChI is InChI=1S/C19H26N4O2/c24-18(15-23-12-6-1-2-7-13-23)20-11-10-19-21-17(22-25-19)14-16-8-4-3-5-9-16/h3-5,8-9H,1-2,6-7,10-15H2,(H,20,24). The molecule has 0 unspecified atom stereocenters. The van der Waals surface area contributed by atoms with Crippen molar-refractivity contribution in [3.8, 4) is 0 Å². The summed E-state index contributed by atoms with van der Waals surface area (Å²) >= 11 is 0. The average Bonchev–Trinajstić information content (AvgIpc) is 2.89. The van der Waals surface area contributed by atoms with Gasteiger partial charge in [-0.05, 0) is 31.5 Å². The van der Waals surface area contributed by atoms with Gasteiger partial charge in [0.2, 0.25) is 11.8 Å². The minimum absolute atomic E-state index is 0.0749. The zero-order valence-corrected chi connectivity index (χ0v) is 14.6. The van der Waals surface area contributed by atoms with E-state index in [2.05, 4.69) is 20.4 Å². The second kappa shape index (κ2) is 9.32. The molecule has 0 radical (unpaired) electrons. The summed E-state index contributed by atoms with van der Waals surface area (Å²) < 4.78 is 5.26. The van der Waals surface area contributed by atoms with E-state index in [4.69, 9.17) is 4.52 Å². The lowest BCUT2D eigenvalue weighted by Gasteiger charge is -2.18. The molecule has 134 valence electrons. The van der Waals surface area contributed by atoms with Crippen LogP contribution in [-0.4, -0.2) is 47.1 Å². The third-order valence-corrected chi connectivity index (χ3v) is 4.44. The van der Waals surface area contributed by atoms with Gasteiger partial charge in [0, 0.05) is 19.4 Å². The molecule has 1 aromatic heterocycles. The van der Waals surface area contributed by atoms with E-state index in [0.717, 1.165) is 18.7 Å². The van der Waals surface area contributed by atoms with Crippen molar-refractivity contribution in [3.05, 3.63) is 47.6 Å². The Hall–Kier alpha value is -2.21. The fourth-order valence-corrected chi connectivity index (χ4v) is 3.10. The van der Waals surface area contributed by atoms with Gasteiger partial charge in [0.1, 0.15) is 0 Å². The molecule has 1 saturated heterocycles. The Kier molecular flexibility index (Phi) is 6.56. The van der Waals surface area contributed by atoms with Crippen molar-refractivity contribution in [1.82, 2.24) is 20.4 Å². The van der Waals surface area contributed by atoms with Crippen LogP contribution in [0.1, 0.15) is 43.0 Å². The third kappa shape index (κ3) is 5.98. The Morgan fingerprint density at radius 1 is 1.12 bits per heavy atom. The van der Waals surface area contributed by atoms with Gasteiger partial charge in [0.25, 0.3) is 0 Å². The number of rotatable bonds is 7. The molecule has 1 aliphatic rings. The van der Waals surface area contributed by atoms with Crippen LogP contribution in [0.25, 0.3) is 0 Å². The molecule has 3 rings (SSSR count). The maximum atomic E-state index is 12.0. The SMILES string of the molecule is O=C(CN1CCCCCC1)NCCc1nc(Cc2ccccc2)no1. The fourth-order valence-electron chi connectivity index (χ4n) is 3.10. The zero-order valence-electron chi connectivity index (χ0n) is 14.6. The van der Waals surface area contributed by atoms with Crippen LogP contribution in [0.2, 0.25) is 0 Å².